The second kappa shape index (κ2) is 4.56. The van der Waals surface area contributed by atoms with Crippen LogP contribution in [0.1, 0.15) is 5.69 Å². The Kier molecular flexibility index (Phi) is 3.28. The number of carboxylic acid groups (broad SMARTS) is 1. The number of nitrogens with zero attached hydrogens (tertiary/aromatic N) is 4. The van der Waals surface area contributed by atoms with Gasteiger partial charge in [-0.2, -0.15) is 4.98 Å². The molecule has 0 saturated heterocycles. The average Bonchev–Trinajstić information content (AvgIpc) is 2.19. The summed E-state index contributed by atoms with van der Waals surface area (Å²) in [5, 5.41) is 8.53. The molecule has 0 atom stereocenters. The Morgan fingerprint density at radius 2 is 1.76 bits per heavy atom. The summed E-state index contributed by atoms with van der Waals surface area (Å²) in [5.41, 5.74) is 0.380. The monoisotopic (exact) mass is 292 g/mol. The Labute approximate surface area is 110 Å². The molecule has 2 aromatic rings. The maximum Gasteiger partial charge on any atom is 0.309 e. The molecule has 2 heterocycles. The van der Waals surface area contributed by atoms with Gasteiger partial charge in [0.25, 0.3) is 0 Å². The first kappa shape index (κ1) is 12.2. The van der Waals surface area contributed by atoms with Crippen molar-refractivity contribution in [2.45, 2.75) is 6.42 Å². The first-order valence-electron chi connectivity index (χ1n) is 4.24. The van der Waals surface area contributed by atoms with Gasteiger partial charge in [-0.3, -0.25) is 4.79 Å². The van der Waals surface area contributed by atoms with Crippen LogP contribution in [0.5, 0.6) is 0 Å². The first-order chi connectivity index (χ1) is 7.97. The van der Waals surface area contributed by atoms with Crippen molar-refractivity contribution in [3.05, 3.63) is 21.3 Å². The molecule has 0 fully saturated rings. The molecular weight excluding hydrogens is 290 g/mol. The fourth-order valence-electron chi connectivity index (χ4n) is 1.16. The molecule has 0 saturated carbocycles. The van der Waals surface area contributed by atoms with Crippen LogP contribution in [0.3, 0.4) is 0 Å². The van der Waals surface area contributed by atoms with Gasteiger partial charge in [0, 0.05) is 0 Å². The van der Waals surface area contributed by atoms with Crippen molar-refractivity contribution in [2.75, 3.05) is 0 Å². The maximum absolute atomic E-state index is 10.6. The van der Waals surface area contributed by atoms with E-state index in [4.69, 9.17) is 39.9 Å². The van der Waals surface area contributed by atoms with E-state index in [1.165, 1.54) is 0 Å². The summed E-state index contributed by atoms with van der Waals surface area (Å²) in [6.45, 7) is 0. The zero-order valence-electron chi connectivity index (χ0n) is 7.99. The minimum atomic E-state index is -1.08. The third kappa shape index (κ3) is 2.54. The van der Waals surface area contributed by atoms with E-state index in [-0.39, 0.29) is 38.9 Å². The van der Waals surface area contributed by atoms with Gasteiger partial charge in [0.2, 0.25) is 5.28 Å². The molecule has 17 heavy (non-hydrogen) atoms. The molecule has 0 amide bonds. The van der Waals surface area contributed by atoms with Crippen LogP contribution in [-0.2, 0) is 11.2 Å². The Bertz CT molecular complexity index is 619. The van der Waals surface area contributed by atoms with Crippen LogP contribution in [0.2, 0.25) is 15.6 Å². The van der Waals surface area contributed by atoms with Crippen LogP contribution < -0.4 is 0 Å². The summed E-state index contributed by atoms with van der Waals surface area (Å²) in [4.78, 5) is 25.9. The molecule has 88 valence electrons. The SMILES string of the molecule is O=C(O)Cc1nc2c(Cl)nc(Cl)nc2nc1Cl. The highest BCUT2D eigenvalue weighted by atomic mass is 35.5. The second-order valence-corrected chi connectivity index (χ2v) is 4.04. The van der Waals surface area contributed by atoms with Crippen molar-refractivity contribution in [2.24, 2.45) is 0 Å². The van der Waals surface area contributed by atoms with E-state index in [2.05, 4.69) is 19.9 Å². The quantitative estimate of drug-likeness (QED) is 0.673. The van der Waals surface area contributed by atoms with Gasteiger partial charge < -0.3 is 5.11 Å². The molecule has 9 heteroatoms. The first-order valence-corrected chi connectivity index (χ1v) is 5.37. The second-order valence-electron chi connectivity index (χ2n) is 2.99. The highest BCUT2D eigenvalue weighted by molar-refractivity contribution is 6.35. The van der Waals surface area contributed by atoms with E-state index >= 15 is 0 Å². The number of aliphatic carboxylic acids is 1. The molecule has 6 nitrogen and oxygen atoms in total. The highest BCUT2D eigenvalue weighted by Crippen LogP contribution is 2.22. The lowest BCUT2D eigenvalue weighted by Gasteiger charge is -2.03. The fourth-order valence-corrected chi connectivity index (χ4v) is 1.76. The van der Waals surface area contributed by atoms with Gasteiger partial charge in [0.05, 0.1) is 12.1 Å². The zero-order chi connectivity index (χ0) is 12.6. The minimum absolute atomic E-state index is 0.00388. The molecule has 0 spiro atoms. The third-order valence-corrected chi connectivity index (χ3v) is 2.54. The number of fused-ring (bicyclic) bond motifs is 1. The summed E-state index contributed by atoms with van der Waals surface area (Å²) in [6.07, 6.45) is -0.360. The number of carboxylic acids is 1. The van der Waals surface area contributed by atoms with Gasteiger partial charge in [-0.05, 0) is 11.6 Å². The van der Waals surface area contributed by atoms with Gasteiger partial charge in [-0.15, -0.1) is 0 Å². The molecule has 0 unspecified atom stereocenters. The van der Waals surface area contributed by atoms with Crippen molar-refractivity contribution < 1.29 is 9.90 Å². The molecule has 2 aromatic heterocycles. The number of aromatic nitrogens is 4. The van der Waals surface area contributed by atoms with Crippen LogP contribution in [0.25, 0.3) is 11.2 Å². The summed E-state index contributed by atoms with van der Waals surface area (Å²) in [5.74, 6) is -1.08. The summed E-state index contributed by atoms with van der Waals surface area (Å²) < 4.78 is 0. The van der Waals surface area contributed by atoms with E-state index in [1.807, 2.05) is 0 Å². The molecule has 0 aromatic carbocycles. The molecule has 0 aliphatic carbocycles. The van der Waals surface area contributed by atoms with Crippen LogP contribution in [-0.4, -0.2) is 31.0 Å². The Morgan fingerprint density at radius 3 is 2.41 bits per heavy atom. The fraction of sp³-hybridized carbons (Fsp3) is 0.125. The predicted molar refractivity (Wildman–Crippen MR) is 61.5 cm³/mol. The van der Waals surface area contributed by atoms with E-state index in [9.17, 15) is 4.79 Å². The van der Waals surface area contributed by atoms with E-state index in [1.54, 1.807) is 0 Å². The van der Waals surface area contributed by atoms with Crippen molar-refractivity contribution in [1.29, 1.82) is 0 Å². The normalized spacial score (nSPS) is 10.8. The third-order valence-electron chi connectivity index (χ3n) is 1.80. The van der Waals surface area contributed by atoms with Crippen LogP contribution in [0.15, 0.2) is 0 Å². The Balaban J connectivity index is 2.67. The van der Waals surface area contributed by atoms with Gasteiger partial charge in [0.1, 0.15) is 5.52 Å². The lowest BCUT2D eigenvalue weighted by molar-refractivity contribution is -0.136. The number of hydrogen-bond acceptors (Lipinski definition) is 5. The predicted octanol–water partition coefficient (Wildman–Crippen LogP) is 2.01. The number of hydrogen-bond donors (Lipinski definition) is 1. The highest BCUT2D eigenvalue weighted by Gasteiger charge is 2.14. The van der Waals surface area contributed by atoms with E-state index in [0.717, 1.165) is 0 Å². The van der Waals surface area contributed by atoms with Gasteiger partial charge in [-0.1, -0.05) is 23.2 Å². The average molecular weight is 293 g/mol. The largest absolute Gasteiger partial charge is 0.481 e. The summed E-state index contributed by atoms with van der Waals surface area (Å²) in [7, 11) is 0. The van der Waals surface area contributed by atoms with Gasteiger partial charge in [0.15, 0.2) is 16.0 Å². The molecule has 0 aliphatic rings. The lowest BCUT2D eigenvalue weighted by atomic mass is 10.3. The van der Waals surface area contributed by atoms with Crippen LogP contribution in [0, 0.1) is 0 Å². The molecule has 2 rings (SSSR count). The number of carbonyl (C=O) groups is 1. The van der Waals surface area contributed by atoms with Gasteiger partial charge >= 0.3 is 5.97 Å². The molecule has 0 radical (unpaired) electrons. The Hall–Kier alpha value is -1.24. The lowest BCUT2D eigenvalue weighted by Crippen LogP contribution is -2.05. The van der Waals surface area contributed by atoms with E-state index in [0.29, 0.717) is 0 Å². The minimum Gasteiger partial charge on any atom is -0.481 e. The summed E-state index contributed by atoms with van der Waals surface area (Å²) in [6, 6.07) is 0. The van der Waals surface area contributed by atoms with Crippen molar-refractivity contribution in [3.8, 4) is 0 Å². The smallest absolute Gasteiger partial charge is 0.309 e. The number of rotatable bonds is 2. The molecule has 1 N–H and O–H groups in total. The molecule has 0 bridgehead atoms. The summed E-state index contributed by atoms with van der Waals surface area (Å²) >= 11 is 17.2. The topological polar surface area (TPSA) is 88.9 Å². The van der Waals surface area contributed by atoms with Crippen molar-refractivity contribution in [3.63, 3.8) is 0 Å². The van der Waals surface area contributed by atoms with Crippen LogP contribution in [0.4, 0.5) is 0 Å². The van der Waals surface area contributed by atoms with Gasteiger partial charge in [-0.25, -0.2) is 15.0 Å². The van der Waals surface area contributed by atoms with E-state index < -0.39 is 5.97 Å². The molecule has 0 aliphatic heterocycles. The number of halogens is 3. The Morgan fingerprint density at radius 1 is 1.06 bits per heavy atom. The van der Waals surface area contributed by atoms with Crippen molar-refractivity contribution >= 4 is 51.9 Å². The maximum atomic E-state index is 10.6. The van der Waals surface area contributed by atoms with Crippen molar-refractivity contribution in [1.82, 2.24) is 19.9 Å². The standard InChI is InChI=1S/C8H3Cl3N4O2/c9-5-2(1-3(16)17)12-4-6(10)14-8(11)15-7(4)13-5/h1H2,(H,16,17). The van der Waals surface area contributed by atoms with Crippen LogP contribution >= 0.6 is 34.8 Å². The zero-order valence-corrected chi connectivity index (χ0v) is 10.3. The molecular formula is C8H3Cl3N4O2.